The van der Waals surface area contributed by atoms with Crippen molar-refractivity contribution in [2.75, 3.05) is 39.6 Å². The van der Waals surface area contributed by atoms with Crippen LogP contribution >= 0.6 is 15.6 Å². The van der Waals surface area contributed by atoms with Gasteiger partial charge in [-0.15, -0.1) is 0 Å². The fourth-order valence-electron chi connectivity index (χ4n) is 8.76. The van der Waals surface area contributed by atoms with E-state index in [1.807, 2.05) is 0 Å². The number of hydrogen-bond donors (Lipinski definition) is 3. The van der Waals surface area contributed by atoms with Crippen LogP contribution in [0.25, 0.3) is 0 Å². The van der Waals surface area contributed by atoms with Crippen LogP contribution in [0, 0.1) is 11.8 Å². The van der Waals surface area contributed by atoms with Crippen molar-refractivity contribution in [2.45, 2.75) is 310 Å². The summed E-state index contributed by atoms with van der Waals surface area (Å²) in [5, 5.41) is 10.5. The van der Waals surface area contributed by atoms with Gasteiger partial charge in [-0.2, -0.15) is 0 Å². The Bertz CT molecular complexity index is 1570. The van der Waals surface area contributed by atoms with Crippen LogP contribution in [0.1, 0.15) is 292 Å². The number of unbranched alkanes of at least 4 members (excludes halogenated alkanes) is 27. The van der Waals surface area contributed by atoms with Crippen LogP contribution in [0.3, 0.4) is 0 Å². The molecule has 0 heterocycles. The molecule has 0 bridgehead atoms. The summed E-state index contributed by atoms with van der Waals surface area (Å²) in [6.07, 6.45) is 33.5. The van der Waals surface area contributed by atoms with Crippen molar-refractivity contribution in [1.29, 1.82) is 0 Å². The molecule has 0 radical (unpaired) electrons. The molecule has 0 aliphatic heterocycles. The summed E-state index contributed by atoms with van der Waals surface area (Å²) in [4.78, 5) is 71.9. The minimum absolute atomic E-state index is 0.102. The number of ether oxygens (including phenoxy) is 4. The zero-order valence-electron chi connectivity index (χ0n) is 50.7. The minimum Gasteiger partial charge on any atom is -0.462 e. The first-order valence-electron chi connectivity index (χ1n) is 31.6. The third kappa shape index (κ3) is 52.6. The molecular formula is C60H116O17P2. The molecule has 0 aliphatic rings. The van der Waals surface area contributed by atoms with Crippen LogP contribution in [0.4, 0.5) is 0 Å². The van der Waals surface area contributed by atoms with Crippen LogP contribution in [-0.4, -0.2) is 96.7 Å². The van der Waals surface area contributed by atoms with E-state index in [0.29, 0.717) is 25.7 Å². The maximum Gasteiger partial charge on any atom is 0.472 e. The molecule has 0 aromatic rings. The van der Waals surface area contributed by atoms with Gasteiger partial charge in [0.1, 0.15) is 19.3 Å². The van der Waals surface area contributed by atoms with E-state index >= 15 is 0 Å². The average molecular weight is 1170 g/mol. The monoisotopic (exact) mass is 1170 g/mol. The number of esters is 4. The number of carbonyl (C=O) groups excluding carboxylic acids is 4. The first-order chi connectivity index (χ1) is 37.9. The normalized spacial score (nSPS) is 15.1. The van der Waals surface area contributed by atoms with Crippen molar-refractivity contribution in [3.8, 4) is 0 Å². The standard InChI is InChI=1S/C60H116O17P2/c1-7-11-13-15-17-19-21-23-32-38-44-59(64)76-55(48-70-57(62)42-36-30-22-20-18-16-14-12-8-2)50-74-78(66,67)72-46-54(61)47-73-79(68,69)75-51-56(77-60(65)45-39-33-27-25-29-35-41-53(6)10-4)49-71-58(63)43-37-31-26-24-28-34-40-52(5)9-3/h52-56,61H,7-51H2,1-6H3,(H,66,67)(H,68,69)/t52?,53?,54-,55+,56+/m0/s1. The number of phosphoric ester groups is 2. The SMILES string of the molecule is CCCCCCCCCCCCC(=O)O[C@H](COC(=O)CCCCCCCCCCC)COP(=O)(O)OC[C@H](O)COP(=O)(O)OC[C@@H](COC(=O)CCCCCCCCC(C)CC)OC(=O)CCCCCCCCC(C)CC. The zero-order chi connectivity index (χ0) is 58.7. The van der Waals surface area contributed by atoms with Gasteiger partial charge in [0, 0.05) is 25.7 Å². The molecule has 0 rings (SSSR count). The van der Waals surface area contributed by atoms with E-state index in [2.05, 4.69) is 41.5 Å². The molecule has 4 unspecified atom stereocenters. The van der Waals surface area contributed by atoms with Crippen molar-refractivity contribution in [3.63, 3.8) is 0 Å². The molecular weight excluding hydrogens is 1050 g/mol. The van der Waals surface area contributed by atoms with Crippen molar-refractivity contribution in [3.05, 3.63) is 0 Å². The summed E-state index contributed by atoms with van der Waals surface area (Å²) in [6, 6.07) is 0. The highest BCUT2D eigenvalue weighted by Crippen LogP contribution is 2.45. The smallest absolute Gasteiger partial charge is 0.462 e. The predicted octanol–water partition coefficient (Wildman–Crippen LogP) is 16.1. The number of hydrogen-bond acceptors (Lipinski definition) is 15. The Labute approximate surface area is 479 Å². The topological polar surface area (TPSA) is 237 Å². The highest BCUT2D eigenvalue weighted by atomic mass is 31.2. The van der Waals surface area contributed by atoms with Crippen molar-refractivity contribution < 1.29 is 80.2 Å². The molecule has 3 N–H and O–H groups in total. The molecule has 0 aliphatic carbocycles. The lowest BCUT2D eigenvalue weighted by atomic mass is 10.00. The van der Waals surface area contributed by atoms with E-state index < -0.39 is 97.5 Å². The summed E-state index contributed by atoms with van der Waals surface area (Å²) in [7, 11) is -9.88. The number of aliphatic hydroxyl groups is 1. The molecule has 468 valence electrons. The maximum atomic E-state index is 12.9. The lowest BCUT2D eigenvalue weighted by Crippen LogP contribution is -2.30. The van der Waals surface area contributed by atoms with Gasteiger partial charge in [0.15, 0.2) is 12.2 Å². The highest BCUT2D eigenvalue weighted by molar-refractivity contribution is 7.47. The third-order valence-corrected chi connectivity index (χ3v) is 16.3. The molecule has 0 aromatic heterocycles. The third-order valence-electron chi connectivity index (χ3n) is 14.4. The van der Waals surface area contributed by atoms with Crippen LogP contribution in [0.2, 0.25) is 0 Å². The van der Waals surface area contributed by atoms with Gasteiger partial charge >= 0.3 is 39.5 Å². The quantitative estimate of drug-likeness (QED) is 0.0222. The van der Waals surface area contributed by atoms with Crippen LogP contribution in [0.5, 0.6) is 0 Å². The fraction of sp³-hybridized carbons (Fsp3) is 0.933. The summed E-state index contributed by atoms with van der Waals surface area (Å²) >= 11 is 0. The lowest BCUT2D eigenvalue weighted by Gasteiger charge is -2.21. The van der Waals surface area contributed by atoms with Gasteiger partial charge in [-0.25, -0.2) is 9.13 Å². The molecule has 19 heteroatoms. The Balaban J connectivity index is 5.25. The zero-order valence-corrected chi connectivity index (χ0v) is 52.4. The van der Waals surface area contributed by atoms with Gasteiger partial charge in [-0.3, -0.25) is 37.3 Å². The summed E-state index contributed by atoms with van der Waals surface area (Å²) in [5.74, 6) is -0.693. The number of rotatable bonds is 59. The van der Waals surface area contributed by atoms with Gasteiger partial charge in [0.25, 0.3) is 0 Å². The highest BCUT2D eigenvalue weighted by Gasteiger charge is 2.30. The van der Waals surface area contributed by atoms with Crippen molar-refractivity contribution in [2.24, 2.45) is 11.8 Å². The molecule has 79 heavy (non-hydrogen) atoms. The number of phosphoric acid groups is 2. The second kappa shape index (κ2) is 52.8. The predicted molar refractivity (Wildman–Crippen MR) is 312 cm³/mol. The van der Waals surface area contributed by atoms with E-state index in [1.54, 1.807) is 0 Å². The van der Waals surface area contributed by atoms with E-state index in [4.69, 9.17) is 37.0 Å². The maximum absolute atomic E-state index is 12.9. The van der Waals surface area contributed by atoms with Gasteiger partial charge in [-0.1, -0.05) is 241 Å². The van der Waals surface area contributed by atoms with E-state index in [-0.39, 0.29) is 25.7 Å². The van der Waals surface area contributed by atoms with Crippen LogP contribution < -0.4 is 0 Å². The molecule has 17 nitrogen and oxygen atoms in total. The second-order valence-electron chi connectivity index (χ2n) is 22.2. The van der Waals surface area contributed by atoms with Crippen molar-refractivity contribution >= 4 is 39.5 Å². The summed E-state index contributed by atoms with van der Waals surface area (Å²) in [6.45, 7) is 9.35. The summed E-state index contributed by atoms with van der Waals surface area (Å²) < 4.78 is 67.8. The van der Waals surface area contributed by atoms with Gasteiger partial charge in [0.05, 0.1) is 26.4 Å². The molecule has 0 spiro atoms. The lowest BCUT2D eigenvalue weighted by molar-refractivity contribution is -0.161. The molecule has 0 fully saturated rings. The number of carbonyl (C=O) groups is 4. The Hall–Kier alpha value is -1.94. The van der Waals surface area contributed by atoms with Gasteiger partial charge < -0.3 is 33.8 Å². The second-order valence-corrected chi connectivity index (χ2v) is 25.1. The molecule has 0 aromatic carbocycles. The summed E-state index contributed by atoms with van der Waals surface area (Å²) in [5.41, 5.74) is 0. The van der Waals surface area contributed by atoms with E-state index in [0.717, 1.165) is 108 Å². The van der Waals surface area contributed by atoms with E-state index in [1.165, 1.54) is 103 Å². The molecule has 0 saturated heterocycles. The van der Waals surface area contributed by atoms with Gasteiger partial charge in [-0.05, 0) is 37.5 Å². The Morgan fingerprint density at radius 3 is 0.899 bits per heavy atom. The fourth-order valence-corrected chi connectivity index (χ4v) is 10.3. The Morgan fingerprint density at radius 2 is 0.608 bits per heavy atom. The minimum atomic E-state index is -4.94. The largest absolute Gasteiger partial charge is 0.472 e. The van der Waals surface area contributed by atoms with Crippen molar-refractivity contribution in [1.82, 2.24) is 0 Å². The Kier molecular flexibility index (Phi) is 51.5. The Morgan fingerprint density at radius 1 is 0.354 bits per heavy atom. The first-order valence-corrected chi connectivity index (χ1v) is 34.6. The molecule has 7 atom stereocenters. The van der Waals surface area contributed by atoms with Crippen LogP contribution in [0.15, 0.2) is 0 Å². The van der Waals surface area contributed by atoms with Crippen LogP contribution in [-0.2, 0) is 65.4 Å². The molecule has 0 amide bonds. The first kappa shape index (κ1) is 77.1. The average Bonchev–Trinajstić information content (AvgIpc) is 3.42. The van der Waals surface area contributed by atoms with E-state index in [9.17, 15) is 43.2 Å². The van der Waals surface area contributed by atoms with Gasteiger partial charge in [0.2, 0.25) is 0 Å². The number of aliphatic hydroxyl groups excluding tert-OH is 1. The molecule has 0 saturated carbocycles.